The fourth-order valence-electron chi connectivity index (χ4n) is 2.03. The monoisotopic (exact) mass is 275 g/mol. The fraction of sp³-hybridized carbons (Fsp3) is 0.385. The van der Waals surface area contributed by atoms with Crippen LogP contribution in [0, 0.1) is 27.4 Å². The summed E-state index contributed by atoms with van der Waals surface area (Å²) in [7, 11) is 0. The summed E-state index contributed by atoms with van der Waals surface area (Å²) >= 11 is 0. The van der Waals surface area contributed by atoms with Crippen LogP contribution < -0.4 is 5.32 Å². The minimum atomic E-state index is -0.563. The molecule has 0 unspecified atom stereocenters. The summed E-state index contributed by atoms with van der Waals surface area (Å²) < 4.78 is 5.31. The van der Waals surface area contributed by atoms with Crippen molar-refractivity contribution in [3.05, 3.63) is 39.9 Å². The number of piperidine rings is 1. The number of hydrogen-bond donors (Lipinski definition) is 1. The Kier molecular flexibility index (Phi) is 4.27. The average molecular weight is 275 g/mol. The van der Waals surface area contributed by atoms with Crippen molar-refractivity contribution in [1.82, 2.24) is 5.32 Å². The topological polar surface area (TPSA) is 105 Å². The zero-order chi connectivity index (χ0) is 14.5. The van der Waals surface area contributed by atoms with Gasteiger partial charge in [-0.3, -0.25) is 10.1 Å². The highest BCUT2D eigenvalue weighted by Crippen LogP contribution is 2.18. The molecule has 1 aromatic carbocycles. The van der Waals surface area contributed by atoms with Crippen LogP contribution in [0.3, 0.4) is 0 Å². The molecule has 7 heteroatoms. The second-order valence-electron chi connectivity index (χ2n) is 4.48. The first-order valence-corrected chi connectivity index (χ1v) is 6.17. The van der Waals surface area contributed by atoms with E-state index in [1.807, 2.05) is 0 Å². The fourth-order valence-corrected chi connectivity index (χ4v) is 2.03. The molecule has 2 atom stereocenters. The van der Waals surface area contributed by atoms with Gasteiger partial charge in [-0.25, -0.2) is 4.79 Å². The van der Waals surface area contributed by atoms with E-state index in [-0.39, 0.29) is 17.2 Å². The van der Waals surface area contributed by atoms with Gasteiger partial charge >= 0.3 is 5.97 Å². The van der Waals surface area contributed by atoms with Gasteiger partial charge in [0.2, 0.25) is 0 Å². The Morgan fingerprint density at radius 2 is 2.15 bits per heavy atom. The molecule has 7 nitrogen and oxygen atoms in total. The van der Waals surface area contributed by atoms with Crippen molar-refractivity contribution >= 4 is 11.7 Å². The van der Waals surface area contributed by atoms with Crippen molar-refractivity contribution in [3.63, 3.8) is 0 Å². The number of non-ortho nitro benzene ring substituents is 1. The van der Waals surface area contributed by atoms with E-state index in [1.165, 1.54) is 24.3 Å². The first-order chi connectivity index (χ1) is 9.61. The van der Waals surface area contributed by atoms with E-state index in [1.54, 1.807) is 0 Å². The van der Waals surface area contributed by atoms with Gasteiger partial charge in [0.15, 0.2) is 0 Å². The van der Waals surface area contributed by atoms with Crippen LogP contribution in [0.15, 0.2) is 24.3 Å². The molecule has 1 saturated heterocycles. The molecule has 20 heavy (non-hydrogen) atoms. The molecule has 1 aliphatic rings. The Bertz CT molecular complexity index is 550. The Labute approximate surface area is 115 Å². The molecule has 1 aliphatic heterocycles. The average Bonchev–Trinajstić information content (AvgIpc) is 2.48. The lowest BCUT2D eigenvalue weighted by Gasteiger charge is -2.27. The van der Waals surface area contributed by atoms with Crippen molar-refractivity contribution in [2.24, 2.45) is 5.92 Å². The van der Waals surface area contributed by atoms with E-state index in [2.05, 4.69) is 11.4 Å². The van der Waals surface area contributed by atoms with Crippen LogP contribution in [0.2, 0.25) is 0 Å². The van der Waals surface area contributed by atoms with Gasteiger partial charge in [-0.2, -0.15) is 5.26 Å². The summed E-state index contributed by atoms with van der Waals surface area (Å²) in [6.45, 7) is 1.19. The number of nitro benzene ring substituents is 1. The van der Waals surface area contributed by atoms with Gasteiger partial charge in [0, 0.05) is 18.7 Å². The van der Waals surface area contributed by atoms with Crippen LogP contribution in [-0.2, 0) is 4.74 Å². The third-order valence-corrected chi connectivity index (χ3v) is 3.16. The molecule has 0 saturated carbocycles. The maximum absolute atomic E-state index is 11.9. The number of carbonyl (C=O) groups is 1. The van der Waals surface area contributed by atoms with E-state index < -0.39 is 17.0 Å². The second-order valence-corrected chi connectivity index (χ2v) is 4.48. The van der Waals surface area contributed by atoms with Gasteiger partial charge < -0.3 is 10.1 Å². The number of nitrogens with one attached hydrogen (secondary N) is 1. The Balaban J connectivity index is 2.04. The normalized spacial score (nSPS) is 21.8. The SMILES string of the molecule is N#C[C@@H]1CNCC[C@@H]1OC(=O)c1ccc([N+](=O)[O-])cc1. The standard InChI is InChI=1S/C13H13N3O4/c14-7-10-8-15-6-5-12(10)20-13(17)9-1-3-11(4-2-9)16(18)19/h1-4,10,12,15H,5-6,8H2/t10-,12+/m1/s1. The number of hydrogen-bond acceptors (Lipinski definition) is 6. The van der Waals surface area contributed by atoms with Crippen molar-refractivity contribution in [2.75, 3.05) is 13.1 Å². The Morgan fingerprint density at radius 1 is 1.45 bits per heavy atom. The molecular weight excluding hydrogens is 262 g/mol. The number of carbonyl (C=O) groups excluding carboxylic acids is 1. The van der Waals surface area contributed by atoms with Gasteiger partial charge in [0.25, 0.3) is 5.69 Å². The van der Waals surface area contributed by atoms with E-state index in [4.69, 9.17) is 10.00 Å². The number of rotatable bonds is 3. The molecule has 1 fully saturated rings. The predicted molar refractivity (Wildman–Crippen MR) is 68.9 cm³/mol. The number of nitrogens with zero attached hydrogens (tertiary/aromatic N) is 2. The summed E-state index contributed by atoms with van der Waals surface area (Å²) in [6.07, 6.45) is 0.140. The third-order valence-electron chi connectivity index (χ3n) is 3.16. The highest BCUT2D eigenvalue weighted by molar-refractivity contribution is 5.89. The summed E-state index contributed by atoms with van der Waals surface area (Å²) in [5, 5.41) is 22.6. The highest BCUT2D eigenvalue weighted by atomic mass is 16.6. The minimum Gasteiger partial charge on any atom is -0.457 e. The smallest absolute Gasteiger partial charge is 0.338 e. The van der Waals surface area contributed by atoms with Gasteiger partial charge in [-0.05, 0) is 25.1 Å². The van der Waals surface area contributed by atoms with E-state index in [9.17, 15) is 14.9 Å². The van der Waals surface area contributed by atoms with Crippen LogP contribution in [0.4, 0.5) is 5.69 Å². The maximum atomic E-state index is 11.9. The number of esters is 1. The second kappa shape index (κ2) is 6.12. The number of nitriles is 1. The number of nitro groups is 1. The van der Waals surface area contributed by atoms with E-state index >= 15 is 0 Å². The molecule has 0 radical (unpaired) electrons. The first kappa shape index (κ1) is 14.0. The highest BCUT2D eigenvalue weighted by Gasteiger charge is 2.28. The predicted octanol–water partition coefficient (Wildman–Crippen LogP) is 1.25. The first-order valence-electron chi connectivity index (χ1n) is 6.17. The summed E-state index contributed by atoms with van der Waals surface area (Å²) in [5.74, 6) is -0.933. The van der Waals surface area contributed by atoms with Crippen molar-refractivity contribution in [2.45, 2.75) is 12.5 Å². The lowest BCUT2D eigenvalue weighted by molar-refractivity contribution is -0.384. The van der Waals surface area contributed by atoms with Crippen molar-refractivity contribution in [3.8, 4) is 6.07 Å². The molecule has 2 rings (SSSR count). The van der Waals surface area contributed by atoms with Crippen LogP contribution in [0.5, 0.6) is 0 Å². The van der Waals surface area contributed by atoms with E-state index in [0.29, 0.717) is 19.5 Å². The lowest BCUT2D eigenvalue weighted by atomic mass is 9.97. The molecule has 0 spiro atoms. The van der Waals surface area contributed by atoms with Crippen LogP contribution in [-0.4, -0.2) is 30.1 Å². The molecule has 1 aromatic rings. The number of benzene rings is 1. The van der Waals surface area contributed by atoms with Crippen LogP contribution in [0.25, 0.3) is 0 Å². The lowest BCUT2D eigenvalue weighted by Crippen LogP contribution is -2.41. The Hall–Kier alpha value is -2.46. The van der Waals surface area contributed by atoms with Gasteiger partial charge in [0.1, 0.15) is 6.10 Å². The van der Waals surface area contributed by atoms with Crippen LogP contribution >= 0.6 is 0 Å². The minimum absolute atomic E-state index is 0.0849. The number of ether oxygens (including phenoxy) is 1. The molecule has 0 aromatic heterocycles. The van der Waals surface area contributed by atoms with Gasteiger partial charge in [-0.1, -0.05) is 0 Å². The van der Waals surface area contributed by atoms with Crippen molar-refractivity contribution in [1.29, 1.82) is 5.26 Å². The maximum Gasteiger partial charge on any atom is 0.338 e. The van der Waals surface area contributed by atoms with Gasteiger partial charge in [0.05, 0.1) is 22.5 Å². The third kappa shape index (κ3) is 3.10. The van der Waals surface area contributed by atoms with Crippen molar-refractivity contribution < 1.29 is 14.5 Å². The van der Waals surface area contributed by atoms with Crippen LogP contribution in [0.1, 0.15) is 16.8 Å². The molecule has 0 amide bonds. The molecule has 1 heterocycles. The largest absolute Gasteiger partial charge is 0.457 e. The summed E-state index contributed by atoms with van der Waals surface area (Å²) in [5.41, 5.74) is 0.157. The Morgan fingerprint density at radius 3 is 2.75 bits per heavy atom. The van der Waals surface area contributed by atoms with E-state index in [0.717, 1.165) is 0 Å². The van der Waals surface area contributed by atoms with Gasteiger partial charge in [-0.15, -0.1) is 0 Å². The zero-order valence-corrected chi connectivity index (χ0v) is 10.6. The molecule has 104 valence electrons. The molecular formula is C13H13N3O4. The molecule has 0 bridgehead atoms. The zero-order valence-electron chi connectivity index (χ0n) is 10.6. The summed E-state index contributed by atoms with van der Waals surface area (Å²) in [4.78, 5) is 21.9. The molecule has 0 aliphatic carbocycles. The quantitative estimate of drug-likeness (QED) is 0.505. The summed E-state index contributed by atoms with van der Waals surface area (Å²) in [6, 6.07) is 7.31. The molecule has 1 N–H and O–H groups in total.